The van der Waals surface area contributed by atoms with E-state index in [0.29, 0.717) is 6.61 Å². The number of hydrogen-bond donors (Lipinski definition) is 3. The number of aliphatic carboxylic acids is 3. The largest absolute Gasteiger partial charge is 0.481 e. The number of rotatable bonds is 3. The van der Waals surface area contributed by atoms with Gasteiger partial charge in [0.25, 0.3) is 17.9 Å². The molecule has 3 radical (unpaired) electrons. The smallest absolute Gasteiger partial charge is 0.300 e. The summed E-state index contributed by atoms with van der Waals surface area (Å²) in [5, 5.41) is 22.2. The van der Waals surface area contributed by atoms with Crippen molar-refractivity contribution >= 4 is 46.8 Å². The van der Waals surface area contributed by atoms with E-state index < -0.39 is 17.9 Å². The van der Waals surface area contributed by atoms with Crippen LogP contribution < -0.4 is 7.86 Å². The summed E-state index contributed by atoms with van der Waals surface area (Å²) in [7, 11) is 0. The molecule has 8 heteroatoms. The fraction of sp³-hybridized carbons (Fsp3) is 0.267. The summed E-state index contributed by atoms with van der Waals surface area (Å²) >= 11 is 1.10. The molecule has 0 aromatic heterocycles. The Balaban J connectivity index is -0.000000278. The summed E-state index contributed by atoms with van der Waals surface area (Å²) in [5.41, 5.74) is 0. The maximum atomic E-state index is 9.00. The van der Waals surface area contributed by atoms with Crippen LogP contribution in [-0.2, 0) is 14.4 Å². The molecule has 0 unspecified atom stereocenters. The predicted molar refractivity (Wildman–Crippen MR) is 87.5 cm³/mol. The van der Waals surface area contributed by atoms with Gasteiger partial charge in [0.15, 0.2) is 0 Å². The second-order valence-corrected chi connectivity index (χ2v) is 5.93. The Bertz CT molecular complexity index is 429. The minimum Gasteiger partial charge on any atom is -0.481 e. The van der Waals surface area contributed by atoms with E-state index >= 15 is 0 Å². The van der Waals surface area contributed by atoms with Crippen LogP contribution in [-0.4, -0.2) is 65.6 Å². The van der Waals surface area contributed by atoms with Gasteiger partial charge in [0.2, 0.25) is 0 Å². The van der Waals surface area contributed by atoms with Gasteiger partial charge in [-0.25, -0.2) is 0 Å². The van der Waals surface area contributed by atoms with Gasteiger partial charge in [-0.2, -0.15) is 0 Å². The van der Waals surface area contributed by atoms with Gasteiger partial charge in [-0.05, 0) is 0 Å². The van der Waals surface area contributed by atoms with Crippen molar-refractivity contribution < 1.29 is 34.4 Å². The molecular formula is C15H21O7Pb. The molecule has 0 aliphatic rings. The number of carbonyl (C=O) groups is 3. The molecule has 0 saturated carbocycles. The molecule has 0 aliphatic carbocycles. The quantitative estimate of drug-likeness (QED) is 0.406. The molecule has 1 aromatic carbocycles. The minimum atomic E-state index is -0.833. The average molecular weight is 521 g/mol. The molecule has 0 heterocycles. The number of carboxylic acids is 3. The van der Waals surface area contributed by atoms with Crippen LogP contribution in [0.25, 0.3) is 0 Å². The van der Waals surface area contributed by atoms with Gasteiger partial charge in [0, 0.05) is 20.8 Å². The summed E-state index contributed by atoms with van der Waals surface area (Å²) in [4.78, 5) is 27.0. The first-order chi connectivity index (χ1) is 10.5. The zero-order chi connectivity index (χ0) is 18.8. The first-order valence-electron chi connectivity index (χ1n) is 6.16. The molecule has 0 spiro atoms. The predicted octanol–water partition coefficient (Wildman–Crippen LogP) is 1.32. The molecule has 0 bridgehead atoms. The van der Waals surface area contributed by atoms with Crippen LogP contribution >= 0.6 is 0 Å². The van der Waals surface area contributed by atoms with Crippen LogP contribution in [0.4, 0.5) is 0 Å². The van der Waals surface area contributed by atoms with Crippen LogP contribution in [0.3, 0.4) is 0 Å². The van der Waals surface area contributed by atoms with Gasteiger partial charge in [0.05, 0.1) is 0 Å². The molecule has 127 valence electrons. The second-order valence-electron chi connectivity index (χ2n) is 3.68. The summed E-state index contributed by atoms with van der Waals surface area (Å²) in [6, 6.07) is 8.16. The van der Waals surface area contributed by atoms with E-state index in [1.165, 1.54) is 3.12 Å². The maximum absolute atomic E-state index is 9.00. The van der Waals surface area contributed by atoms with E-state index in [2.05, 4.69) is 18.7 Å². The Hall–Kier alpha value is -1.91. The van der Waals surface area contributed by atoms with Crippen molar-refractivity contribution in [3.05, 3.63) is 36.9 Å². The molecule has 0 amide bonds. The molecule has 0 saturated heterocycles. The number of hydrogen-bond acceptors (Lipinski definition) is 4. The first kappa shape index (κ1) is 26.0. The Morgan fingerprint density at radius 2 is 1.30 bits per heavy atom. The first-order valence-corrected chi connectivity index (χ1v) is 8.11. The standard InChI is InChI=1S/C9H9O.3C2H4O2.Pb/c1-2-8-10-9-6-4-3-5-7-9;3*1-2(3)4;/h2,4-7H,1,8H2;3*1H3,(H,3,4);. The van der Waals surface area contributed by atoms with Crippen molar-refractivity contribution in [3.63, 3.8) is 0 Å². The monoisotopic (exact) mass is 521 g/mol. The van der Waals surface area contributed by atoms with E-state index in [0.717, 1.165) is 52.3 Å². The third-order valence-corrected chi connectivity index (χ3v) is 2.52. The van der Waals surface area contributed by atoms with E-state index in [-0.39, 0.29) is 0 Å². The summed E-state index contributed by atoms with van der Waals surface area (Å²) in [5.74, 6) is -1.58. The van der Waals surface area contributed by atoms with Crippen molar-refractivity contribution in [3.8, 4) is 5.75 Å². The molecule has 0 fully saturated rings. The summed E-state index contributed by atoms with van der Waals surface area (Å²) < 4.78 is 6.69. The van der Waals surface area contributed by atoms with Gasteiger partial charge in [-0.3, -0.25) is 14.4 Å². The van der Waals surface area contributed by atoms with Crippen LogP contribution in [0.1, 0.15) is 20.8 Å². The Labute approximate surface area is 151 Å². The second kappa shape index (κ2) is 18.1. The van der Waals surface area contributed by atoms with Crippen molar-refractivity contribution in [2.45, 2.75) is 20.8 Å². The molecule has 7 nitrogen and oxygen atoms in total. The van der Waals surface area contributed by atoms with Crippen molar-refractivity contribution in [1.29, 1.82) is 0 Å². The molecule has 0 atom stereocenters. The zero-order valence-electron chi connectivity index (χ0n) is 13.3. The molecule has 1 aromatic rings. The number of benzene rings is 1. The van der Waals surface area contributed by atoms with Crippen molar-refractivity contribution in [2.75, 3.05) is 6.61 Å². The third kappa shape index (κ3) is 45.0. The van der Waals surface area contributed by atoms with Gasteiger partial charge >= 0.3 is 82.9 Å². The normalized spacial score (nSPS) is 7.65. The van der Waals surface area contributed by atoms with E-state index in [9.17, 15) is 0 Å². The summed E-state index contributed by atoms with van der Waals surface area (Å²) in [6.45, 7) is 7.41. The Morgan fingerprint density at radius 3 is 1.57 bits per heavy atom. The third-order valence-electron chi connectivity index (χ3n) is 1.22. The molecule has 23 heavy (non-hydrogen) atoms. The van der Waals surface area contributed by atoms with Crippen LogP contribution in [0.2, 0.25) is 0 Å². The topological polar surface area (TPSA) is 121 Å². The van der Waals surface area contributed by atoms with Crippen molar-refractivity contribution in [1.82, 2.24) is 0 Å². The molecular weight excluding hydrogens is 499 g/mol. The number of carboxylic acid groups (broad SMARTS) is 3. The molecule has 1 rings (SSSR count). The van der Waals surface area contributed by atoms with E-state index in [4.69, 9.17) is 34.4 Å². The fourth-order valence-electron chi connectivity index (χ4n) is 0.706. The van der Waals surface area contributed by atoms with E-state index in [1.807, 2.05) is 12.1 Å². The molecule has 3 N–H and O–H groups in total. The maximum Gasteiger partial charge on any atom is 0.300 e. The zero-order valence-corrected chi connectivity index (χ0v) is 17.2. The molecule has 0 aliphatic heterocycles. The van der Waals surface area contributed by atoms with Crippen molar-refractivity contribution in [2.24, 2.45) is 0 Å². The van der Waals surface area contributed by atoms with Crippen LogP contribution in [0.5, 0.6) is 5.75 Å². The van der Waals surface area contributed by atoms with Gasteiger partial charge in [-0.15, -0.1) is 0 Å². The minimum absolute atomic E-state index is 0.584. The Kier molecular flexibility index (Phi) is 20.5. The van der Waals surface area contributed by atoms with Gasteiger partial charge in [-0.1, -0.05) is 0 Å². The average Bonchev–Trinajstić information content (AvgIpc) is 2.36. The van der Waals surface area contributed by atoms with Gasteiger partial charge in [0.1, 0.15) is 0 Å². The number of ether oxygens (including phenoxy) is 1. The van der Waals surface area contributed by atoms with E-state index in [1.54, 1.807) is 6.08 Å². The fourth-order valence-corrected chi connectivity index (χ4v) is 1.35. The summed E-state index contributed by atoms with van der Waals surface area (Å²) in [6.07, 6.45) is 1.74. The van der Waals surface area contributed by atoms with Gasteiger partial charge < -0.3 is 15.3 Å². The van der Waals surface area contributed by atoms with Crippen LogP contribution in [0, 0.1) is 0 Å². The SMILES string of the molecule is C=CCOc1cc[c]([Pb])cc1.CC(=O)O.CC(=O)O.CC(=O)O. The van der Waals surface area contributed by atoms with Crippen LogP contribution in [0.15, 0.2) is 36.9 Å². The Morgan fingerprint density at radius 1 is 1.00 bits per heavy atom.